The number of carboxylic acids is 1. The first-order chi connectivity index (χ1) is 8.62. The van der Waals surface area contributed by atoms with Crippen molar-refractivity contribution in [1.29, 1.82) is 0 Å². The molecule has 7 heteroatoms. The normalized spacial score (nSPS) is 19.2. The molecule has 104 valence electrons. The zero-order valence-corrected chi connectivity index (χ0v) is 10.9. The number of carbonyl (C=O) groups is 2. The Balaban J connectivity index is 2.94. The number of carbonyl (C=O) groups excluding carboxylic acids is 1. The summed E-state index contributed by atoms with van der Waals surface area (Å²) >= 11 is 0. The Hall–Kier alpha value is -2.18. The largest absolute Gasteiger partial charge is 0.478 e. The molecular formula is C12H15NO6. The Morgan fingerprint density at radius 2 is 2.05 bits per heavy atom. The Labute approximate surface area is 109 Å². The molecule has 0 saturated heterocycles. The summed E-state index contributed by atoms with van der Waals surface area (Å²) in [5, 5.41) is 19.7. The molecule has 0 bridgehead atoms. The minimum absolute atomic E-state index is 0.0176. The van der Waals surface area contributed by atoms with Gasteiger partial charge in [-0.3, -0.25) is 14.9 Å². The van der Waals surface area contributed by atoms with Gasteiger partial charge in [-0.15, -0.1) is 0 Å². The molecule has 0 heterocycles. The molecule has 0 amide bonds. The van der Waals surface area contributed by atoms with Gasteiger partial charge < -0.3 is 9.84 Å². The number of carboxylic acid groups (broad SMARTS) is 1. The fourth-order valence-corrected chi connectivity index (χ4v) is 1.40. The standard InChI is InChI=1S/C12H15NO6/c1-12(2,3)11(16)19-9-5-4-7(10(14)15)6-8(9)13(17)18/h4,6,9H,5H2,1-3H3,(H,14,15). The van der Waals surface area contributed by atoms with Gasteiger partial charge in [-0.2, -0.15) is 0 Å². The van der Waals surface area contributed by atoms with Crippen LogP contribution < -0.4 is 0 Å². The summed E-state index contributed by atoms with van der Waals surface area (Å²) in [4.78, 5) is 32.6. The molecule has 0 fully saturated rings. The lowest BCUT2D eigenvalue weighted by molar-refractivity contribution is -0.436. The summed E-state index contributed by atoms with van der Waals surface area (Å²) in [7, 11) is 0. The Kier molecular flexibility index (Phi) is 4.08. The van der Waals surface area contributed by atoms with Crippen LogP contribution in [0.2, 0.25) is 0 Å². The molecule has 0 spiro atoms. The summed E-state index contributed by atoms with van der Waals surface area (Å²) in [6.45, 7) is 4.89. The third kappa shape index (κ3) is 3.64. The fraction of sp³-hybridized carbons (Fsp3) is 0.500. The maximum atomic E-state index is 11.7. The van der Waals surface area contributed by atoms with E-state index in [1.165, 1.54) is 6.08 Å². The van der Waals surface area contributed by atoms with Crippen LogP contribution in [-0.4, -0.2) is 28.1 Å². The van der Waals surface area contributed by atoms with Crippen molar-refractivity contribution in [2.24, 2.45) is 5.41 Å². The van der Waals surface area contributed by atoms with Crippen LogP contribution >= 0.6 is 0 Å². The molecule has 0 aromatic heterocycles. The van der Waals surface area contributed by atoms with Crippen molar-refractivity contribution in [2.45, 2.75) is 33.3 Å². The number of ether oxygens (including phenoxy) is 1. The van der Waals surface area contributed by atoms with Gasteiger partial charge in [0, 0.05) is 12.5 Å². The van der Waals surface area contributed by atoms with Gasteiger partial charge in [0.15, 0.2) is 6.10 Å². The summed E-state index contributed by atoms with van der Waals surface area (Å²) in [5.74, 6) is -1.82. The average Bonchev–Trinajstić information content (AvgIpc) is 2.27. The molecule has 0 aromatic carbocycles. The van der Waals surface area contributed by atoms with E-state index in [4.69, 9.17) is 9.84 Å². The van der Waals surface area contributed by atoms with Crippen LogP contribution in [0.5, 0.6) is 0 Å². The Bertz CT molecular complexity index is 483. The van der Waals surface area contributed by atoms with E-state index in [0.29, 0.717) is 0 Å². The number of aliphatic carboxylic acids is 1. The van der Waals surface area contributed by atoms with Gasteiger partial charge >= 0.3 is 11.9 Å². The molecule has 0 aromatic rings. The van der Waals surface area contributed by atoms with E-state index < -0.39 is 34.1 Å². The summed E-state index contributed by atoms with van der Waals surface area (Å²) < 4.78 is 5.07. The molecule has 1 unspecified atom stereocenters. The minimum Gasteiger partial charge on any atom is -0.478 e. The number of hydrogen-bond donors (Lipinski definition) is 1. The van der Waals surface area contributed by atoms with E-state index >= 15 is 0 Å². The SMILES string of the molecule is CC(C)(C)C(=O)OC1CC=C(C(=O)O)C=C1[N+](=O)[O-]. The van der Waals surface area contributed by atoms with Crippen LogP contribution in [0.3, 0.4) is 0 Å². The highest BCUT2D eigenvalue weighted by molar-refractivity contribution is 5.90. The maximum Gasteiger partial charge on any atom is 0.335 e. The third-order valence-corrected chi connectivity index (χ3v) is 2.50. The Morgan fingerprint density at radius 1 is 1.47 bits per heavy atom. The molecule has 7 nitrogen and oxygen atoms in total. The Morgan fingerprint density at radius 3 is 2.47 bits per heavy atom. The van der Waals surface area contributed by atoms with Crippen molar-refractivity contribution in [3.8, 4) is 0 Å². The predicted octanol–water partition coefficient (Wildman–Crippen LogP) is 1.52. The second-order valence-corrected chi connectivity index (χ2v) is 5.17. The van der Waals surface area contributed by atoms with Gasteiger partial charge in [-0.05, 0) is 20.8 Å². The van der Waals surface area contributed by atoms with Crippen molar-refractivity contribution < 1.29 is 24.4 Å². The van der Waals surface area contributed by atoms with Gasteiger partial charge in [-0.25, -0.2) is 4.79 Å². The van der Waals surface area contributed by atoms with Crippen molar-refractivity contribution in [1.82, 2.24) is 0 Å². The van der Waals surface area contributed by atoms with Crippen LogP contribution in [0.15, 0.2) is 23.4 Å². The second kappa shape index (κ2) is 5.21. The van der Waals surface area contributed by atoms with E-state index in [1.807, 2.05) is 0 Å². The van der Waals surface area contributed by atoms with Crippen molar-refractivity contribution in [2.75, 3.05) is 0 Å². The van der Waals surface area contributed by atoms with Crippen LogP contribution in [0.4, 0.5) is 0 Å². The molecule has 0 radical (unpaired) electrons. The van der Waals surface area contributed by atoms with E-state index in [0.717, 1.165) is 6.08 Å². The molecule has 1 aliphatic carbocycles. The highest BCUT2D eigenvalue weighted by Crippen LogP contribution is 2.25. The van der Waals surface area contributed by atoms with E-state index in [9.17, 15) is 19.7 Å². The second-order valence-electron chi connectivity index (χ2n) is 5.17. The van der Waals surface area contributed by atoms with Gasteiger partial charge in [0.2, 0.25) is 0 Å². The molecule has 19 heavy (non-hydrogen) atoms. The van der Waals surface area contributed by atoms with Crippen molar-refractivity contribution in [3.63, 3.8) is 0 Å². The van der Waals surface area contributed by atoms with Crippen LogP contribution in [-0.2, 0) is 14.3 Å². The van der Waals surface area contributed by atoms with Gasteiger partial charge in [0.1, 0.15) is 0 Å². The molecule has 1 atom stereocenters. The quantitative estimate of drug-likeness (QED) is 0.473. The third-order valence-electron chi connectivity index (χ3n) is 2.50. The van der Waals surface area contributed by atoms with Crippen LogP contribution in [0, 0.1) is 15.5 Å². The number of hydrogen-bond acceptors (Lipinski definition) is 5. The first-order valence-corrected chi connectivity index (χ1v) is 5.63. The first-order valence-electron chi connectivity index (χ1n) is 5.63. The molecular weight excluding hydrogens is 254 g/mol. The van der Waals surface area contributed by atoms with Gasteiger partial charge in [0.25, 0.3) is 5.70 Å². The lowest BCUT2D eigenvalue weighted by Gasteiger charge is -2.22. The summed E-state index contributed by atoms with van der Waals surface area (Å²) in [6, 6.07) is 0. The number of nitrogens with zero attached hydrogens (tertiary/aromatic N) is 1. The predicted molar refractivity (Wildman–Crippen MR) is 64.7 cm³/mol. The molecule has 0 saturated carbocycles. The molecule has 1 N–H and O–H groups in total. The van der Waals surface area contributed by atoms with E-state index in [2.05, 4.69) is 0 Å². The van der Waals surface area contributed by atoms with Crippen molar-refractivity contribution >= 4 is 11.9 Å². The van der Waals surface area contributed by atoms with Crippen LogP contribution in [0.25, 0.3) is 0 Å². The number of esters is 1. The van der Waals surface area contributed by atoms with Crippen LogP contribution in [0.1, 0.15) is 27.2 Å². The van der Waals surface area contributed by atoms with Crippen molar-refractivity contribution in [3.05, 3.63) is 33.5 Å². The number of nitro groups is 1. The fourth-order valence-electron chi connectivity index (χ4n) is 1.40. The lowest BCUT2D eigenvalue weighted by atomic mass is 9.96. The smallest absolute Gasteiger partial charge is 0.335 e. The average molecular weight is 269 g/mol. The molecule has 1 aliphatic rings. The zero-order chi connectivity index (χ0) is 14.8. The van der Waals surface area contributed by atoms with Gasteiger partial charge in [-0.1, -0.05) is 6.08 Å². The first kappa shape index (κ1) is 14.9. The zero-order valence-electron chi connectivity index (χ0n) is 10.9. The summed E-state index contributed by atoms with van der Waals surface area (Å²) in [6.07, 6.45) is 1.16. The highest BCUT2D eigenvalue weighted by atomic mass is 16.6. The minimum atomic E-state index is -1.25. The maximum absolute atomic E-state index is 11.7. The molecule has 1 rings (SSSR count). The topological polar surface area (TPSA) is 107 Å². The molecule has 0 aliphatic heterocycles. The number of rotatable bonds is 3. The highest BCUT2D eigenvalue weighted by Gasteiger charge is 2.35. The monoisotopic (exact) mass is 269 g/mol. The summed E-state index contributed by atoms with van der Waals surface area (Å²) in [5.41, 5.74) is -1.37. The van der Waals surface area contributed by atoms with E-state index in [-0.39, 0.29) is 12.0 Å². The van der Waals surface area contributed by atoms with Gasteiger partial charge in [0.05, 0.1) is 15.9 Å². The lowest BCUT2D eigenvalue weighted by Crippen LogP contribution is -2.32. The van der Waals surface area contributed by atoms with E-state index in [1.54, 1.807) is 20.8 Å².